The number of carbonyl (C=O) groups is 6. The molecule has 18 heteroatoms. The van der Waals surface area contributed by atoms with Crippen LogP contribution in [-0.2, 0) is 65.4 Å². The van der Waals surface area contributed by atoms with Crippen molar-refractivity contribution in [3.63, 3.8) is 0 Å². The van der Waals surface area contributed by atoms with Crippen molar-refractivity contribution in [1.29, 1.82) is 0 Å². The zero-order valence-corrected chi connectivity index (χ0v) is 72.7. The van der Waals surface area contributed by atoms with Gasteiger partial charge in [0.1, 0.15) is 11.5 Å². The predicted octanol–water partition coefficient (Wildman–Crippen LogP) is 20.4. The Morgan fingerprint density at radius 2 is 0.636 bits per heavy atom. The molecule has 10 rings (SSSR count). The molecule has 10 aromatic carbocycles. The molecule has 0 unspecified atom stereocenters. The van der Waals surface area contributed by atoms with E-state index in [4.69, 9.17) is 18.9 Å². The molecular weight excluding hydrogens is 1500 g/mol. The predicted molar refractivity (Wildman–Crippen MR) is 483 cm³/mol. The summed E-state index contributed by atoms with van der Waals surface area (Å²) >= 11 is 0. The lowest BCUT2D eigenvalue weighted by Crippen LogP contribution is -2.45. The van der Waals surface area contributed by atoms with Crippen molar-refractivity contribution >= 4 is 63.1 Å². The summed E-state index contributed by atoms with van der Waals surface area (Å²) in [4.78, 5) is 82.7. The van der Waals surface area contributed by atoms with E-state index < -0.39 is 63.3 Å². The van der Waals surface area contributed by atoms with E-state index >= 15 is 0 Å². The van der Waals surface area contributed by atoms with Crippen molar-refractivity contribution < 1.29 is 47.7 Å². The second kappa shape index (κ2) is 46.2. The van der Waals surface area contributed by atoms with Gasteiger partial charge in [-0.15, -0.1) is 0 Å². The Bertz CT molecular complexity index is 4290. The van der Waals surface area contributed by atoms with Crippen LogP contribution in [-0.4, -0.2) is 104 Å². The lowest BCUT2D eigenvalue weighted by Gasteiger charge is -2.37. The number of hydrogen-bond donors (Lipinski definition) is 6. The third-order valence-electron chi connectivity index (χ3n) is 21.6. The second-order valence-corrected chi connectivity index (χ2v) is 44.0. The van der Waals surface area contributed by atoms with Crippen LogP contribution in [0.1, 0.15) is 121 Å². The minimum absolute atomic E-state index is 0.0250. The molecule has 0 saturated carbocycles. The zero-order chi connectivity index (χ0) is 84.2. The van der Waals surface area contributed by atoms with Crippen molar-refractivity contribution in [1.82, 2.24) is 21.3 Å². The first-order valence-corrected chi connectivity index (χ1v) is 49.2. The van der Waals surface area contributed by atoms with Crippen LogP contribution in [0.25, 0.3) is 0 Å². The average molecular weight is 1620 g/mol. The summed E-state index contributed by atoms with van der Waals surface area (Å²) in [7, 11) is 0.478. The zero-order valence-electron chi connectivity index (χ0n) is 70.7. The monoisotopic (exact) mass is 1620 g/mol. The normalized spacial score (nSPS) is 12.6. The Balaban J connectivity index is 0.000000269. The molecule has 118 heavy (non-hydrogen) atoms. The molecule has 16 nitrogen and oxygen atoms in total. The summed E-state index contributed by atoms with van der Waals surface area (Å²) in [6.07, 6.45) is 4.93. The van der Waals surface area contributed by atoms with E-state index in [2.05, 4.69) is 206 Å². The van der Waals surface area contributed by atoms with Gasteiger partial charge in [-0.2, -0.15) is 0 Å². The molecule has 0 aromatic heterocycles. The summed E-state index contributed by atoms with van der Waals surface area (Å²) in [6.45, 7) is 19.4. The molecule has 620 valence electrons. The first-order valence-electron chi connectivity index (χ1n) is 41.8. The Labute approximate surface area is 702 Å². The quantitative estimate of drug-likeness (QED) is 0.0120. The summed E-state index contributed by atoms with van der Waals surface area (Å²) in [5.74, 6) is -0.518. The van der Waals surface area contributed by atoms with Crippen LogP contribution < -0.4 is 41.4 Å². The molecule has 0 spiro atoms. The van der Waals surface area contributed by atoms with E-state index in [9.17, 15) is 28.8 Å². The lowest BCUT2D eigenvalue weighted by molar-refractivity contribution is -0.127. The smallest absolute Gasteiger partial charge is 0.407 e. The van der Waals surface area contributed by atoms with Crippen molar-refractivity contribution in [2.45, 2.75) is 165 Å². The summed E-state index contributed by atoms with van der Waals surface area (Å²) in [5.41, 5.74) is 10.8. The summed E-state index contributed by atoms with van der Waals surface area (Å²) in [5, 5.41) is 19.8. The van der Waals surface area contributed by atoms with Crippen molar-refractivity contribution in [3.05, 3.63) is 335 Å². The number of ether oxygens (including phenoxy) is 4. The number of Topliss-reactive ketones (excluding diaryl/α,β-unsaturated/α-hetero) is 2. The van der Waals surface area contributed by atoms with Crippen LogP contribution in [0.15, 0.2) is 279 Å². The molecule has 0 aliphatic heterocycles. The third kappa shape index (κ3) is 28.1. The number of anilines is 2. The minimum Gasteiger partial charge on any atom is -0.497 e. The van der Waals surface area contributed by atoms with Crippen LogP contribution in [0.2, 0.25) is 51.4 Å². The van der Waals surface area contributed by atoms with Crippen molar-refractivity contribution in [2.24, 2.45) is 11.8 Å². The van der Waals surface area contributed by atoms with Gasteiger partial charge in [0.25, 0.3) is 0 Å². The van der Waals surface area contributed by atoms with Crippen LogP contribution in [0, 0.1) is 11.8 Å². The average Bonchev–Trinajstić information content (AvgIpc) is 0.761. The third-order valence-corrected chi connectivity index (χ3v) is 25.0. The van der Waals surface area contributed by atoms with E-state index in [1.165, 1.54) is 11.1 Å². The van der Waals surface area contributed by atoms with Crippen LogP contribution in [0.3, 0.4) is 0 Å². The fraction of sp³-hybridized carbons (Fsp3) is 0.340. The number of alkyl carbamates (subject to hydrolysis) is 2. The van der Waals surface area contributed by atoms with Gasteiger partial charge in [0, 0.05) is 52.2 Å². The molecule has 0 bridgehead atoms. The number of nitrogens with one attached hydrogen (secondary N) is 6. The standard InChI is InChI=1S/2C50H61N3O5Si/c2*1-6-38-25-29-44(30-26-38)52-48(55)40(37-47(54)46(36-39-18-10-7-11-19-39)53-49(56)58-34-35-59(3,4)5)20-16-17-33-51-50(41-21-12-8-13-22-41,42-23-14-9-15-24-42)43-27-31-45(57-2)32-28-43/h2*7-15,18-19,21-32,40,46,51H,6,16-17,20,33-37H2,1-5H3,(H,52,55)(H,53,56)/t2*40-,46+/m11/s1. The van der Waals surface area contributed by atoms with Crippen LogP contribution in [0.4, 0.5) is 21.0 Å². The number of amides is 4. The van der Waals surface area contributed by atoms with Gasteiger partial charge in [-0.05, 0) is 181 Å². The molecule has 0 heterocycles. The molecule has 4 amide bonds. The van der Waals surface area contributed by atoms with E-state index in [1.54, 1.807) is 14.2 Å². The van der Waals surface area contributed by atoms with Gasteiger partial charge in [0.05, 0.1) is 50.6 Å². The number of methoxy groups -OCH3 is 2. The van der Waals surface area contributed by atoms with Gasteiger partial charge in [0.15, 0.2) is 11.6 Å². The summed E-state index contributed by atoms with van der Waals surface area (Å²) in [6, 6.07) is 92.9. The molecule has 0 aliphatic carbocycles. The van der Waals surface area contributed by atoms with Gasteiger partial charge in [-0.25, -0.2) is 9.59 Å². The molecule has 0 aliphatic rings. The Hall–Kier alpha value is -11.0. The molecule has 10 aromatic rings. The lowest BCUT2D eigenvalue weighted by atomic mass is 9.77. The number of rotatable bonds is 44. The Morgan fingerprint density at radius 3 is 0.915 bits per heavy atom. The maximum Gasteiger partial charge on any atom is 0.407 e. The molecular formula is C100H122N6O10Si2. The van der Waals surface area contributed by atoms with Gasteiger partial charge in [-0.3, -0.25) is 29.8 Å². The van der Waals surface area contributed by atoms with Crippen LogP contribution in [0.5, 0.6) is 11.5 Å². The highest BCUT2D eigenvalue weighted by molar-refractivity contribution is 6.76. The molecule has 0 saturated heterocycles. The first kappa shape index (κ1) is 90.9. The first-order chi connectivity index (χ1) is 57.0. The van der Waals surface area contributed by atoms with Gasteiger partial charge in [-0.1, -0.05) is 296 Å². The highest BCUT2D eigenvalue weighted by Crippen LogP contribution is 2.40. The number of aryl methyl sites for hydroxylation is 2. The van der Waals surface area contributed by atoms with Crippen LogP contribution >= 0.6 is 0 Å². The van der Waals surface area contributed by atoms with Gasteiger partial charge < -0.3 is 40.2 Å². The number of hydrogen-bond acceptors (Lipinski definition) is 12. The molecule has 4 atom stereocenters. The molecule has 0 fully saturated rings. The second-order valence-electron chi connectivity index (χ2n) is 32.7. The summed E-state index contributed by atoms with van der Waals surface area (Å²) < 4.78 is 22.1. The number of carbonyl (C=O) groups excluding carboxylic acids is 6. The highest BCUT2D eigenvalue weighted by atomic mass is 28.3. The number of ketones is 2. The van der Waals surface area contributed by atoms with E-state index in [0.717, 1.165) is 93.8 Å². The minimum atomic E-state index is -1.43. The maximum atomic E-state index is 14.2. The Morgan fingerprint density at radius 1 is 0.347 bits per heavy atom. The Kier molecular flexibility index (Phi) is 35.6. The molecule has 0 radical (unpaired) electrons. The highest BCUT2D eigenvalue weighted by Gasteiger charge is 2.39. The van der Waals surface area contributed by atoms with E-state index in [-0.39, 0.29) is 36.2 Å². The van der Waals surface area contributed by atoms with Gasteiger partial charge in [0.2, 0.25) is 11.8 Å². The van der Waals surface area contributed by atoms with E-state index in [1.807, 2.05) is 158 Å². The largest absolute Gasteiger partial charge is 0.497 e. The fourth-order valence-electron chi connectivity index (χ4n) is 14.6. The van der Waals surface area contributed by atoms with Crippen molar-refractivity contribution in [2.75, 3.05) is 51.2 Å². The van der Waals surface area contributed by atoms with Gasteiger partial charge >= 0.3 is 12.2 Å². The molecule has 6 N–H and O–H groups in total. The topological polar surface area (TPSA) is 212 Å². The number of unbranched alkanes of at least 4 members (excludes halogenated alkanes) is 2. The maximum absolute atomic E-state index is 14.2. The number of benzene rings is 10. The SMILES string of the molecule is CCc1ccc(NC(=O)[C@H](CCCCNC(c2ccccc2)(c2ccccc2)c2ccc(OC)cc2)CC(=O)[C@H](Cc2ccccc2)NC(=O)OCC[Si](C)(C)C)cc1.CCc1ccc(NC(=O)[C@H](CCCCNC(c2ccccc2)(c2ccccc2)c2ccc(OC)cc2)CC(=O)[C@H](Cc2ccccc2)NC(=O)OCC[Si](C)(C)C)cc1. The fourth-order valence-corrected chi connectivity index (χ4v) is 16.1. The van der Waals surface area contributed by atoms with E-state index in [0.29, 0.717) is 76.2 Å². The van der Waals surface area contributed by atoms with Crippen molar-refractivity contribution in [3.8, 4) is 11.5 Å².